The predicted octanol–water partition coefficient (Wildman–Crippen LogP) is 0.211. The Morgan fingerprint density at radius 1 is 1.58 bits per heavy atom. The molecule has 2 fully saturated rings. The molecule has 2 rings (SSSR count). The number of hydrogen-bond donors (Lipinski definition) is 1. The molecule has 0 amide bonds. The van der Waals surface area contributed by atoms with Crippen molar-refractivity contribution in [1.29, 1.82) is 0 Å². The van der Waals surface area contributed by atoms with Gasteiger partial charge in [0.25, 0.3) is 0 Å². The minimum absolute atomic E-state index is 0.426. The van der Waals surface area contributed by atoms with Crippen LogP contribution in [0.1, 0.15) is 6.42 Å². The van der Waals surface area contributed by atoms with Gasteiger partial charge in [-0.25, -0.2) is 0 Å². The van der Waals surface area contributed by atoms with Crippen LogP contribution in [0.2, 0.25) is 0 Å². The van der Waals surface area contributed by atoms with Crippen LogP contribution >= 0.6 is 12.2 Å². The van der Waals surface area contributed by atoms with Gasteiger partial charge in [0.05, 0.1) is 12.7 Å². The fourth-order valence-electron chi connectivity index (χ4n) is 1.99. The Labute approximate surface area is 78.1 Å². The minimum atomic E-state index is 0.426. The van der Waals surface area contributed by atoms with Gasteiger partial charge in [0.2, 0.25) is 0 Å². The summed E-state index contributed by atoms with van der Waals surface area (Å²) >= 11 is 5.17. The molecule has 0 aromatic heterocycles. The van der Waals surface area contributed by atoms with Crippen LogP contribution in [0, 0.1) is 5.92 Å². The molecule has 2 atom stereocenters. The second-order valence-corrected chi connectivity index (χ2v) is 3.90. The number of ether oxygens (including phenoxy) is 1. The fraction of sp³-hybridized carbons (Fsp3) is 0.875. The van der Waals surface area contributed by atoms with Gasteiger partial charge < -0.3 is 15.0 Å². The zero-order valence-corrected chi connectivity index (χ0v) is 8.06. The molecule has 0 spiro atoms. The van der Waals surface area contributed by atoms with Crippen LogP contribution in [0.5, 0.6) is 0 Å². The summed E-state index contributed by atoms with van der Waals surface area (Å²) in [5.74, 6) is 0.704. The van der Waals surface area contributed by atoms with Crippen molar-refractivity contribution in [3.63, 3.8) is 0 Å². The van der Waals surface area contributed by atoms with E-state index in [0.717, 1.165) is 24.8 Å². The lowest BCUT2D eigenvalue weighted by Gasteiger charge is -2.31. The van der Waals surface area contributed by atoms with Crippen molar-refractivity contribution in [2.75, 3.05) is 26.7 Å². The van der Waals surface area contributed by atoms with E-state index in [9.17, 15) is 0 Å². The van der Waals surface area contributed by atoms with Crippen molar-refractivity contribution in [1.82, 2.24) is 10.2 Å². The number of nitrogens with zero attached hydrogens (tertiary/aromatic N) is 1. The predicted molar refractivity (Wildman–Crippen MR) is 51.1 cm³/mol. The normalized spacial score (nSPS) is 33.6. The van der Waals surface area contributed by atoms with Crippen molar-refractivity contribution in [3.05, 3.63) is 0 Å². The minimum Gasteiger partial charge on any atom is -0.376 e. The highest BCUT2D eigenvalue weighted by Gasteiger charge is 2.34. The van der Waals surface area contributed by atoms with Gasteiger partial charge in [0.15, 0.2) is 5.11 Å². The van der Waals surface area contributed by atoms with Crippen LogP contribution in [0.25, 0.3) is 0 Å². The second kappa shape index (κ2) is 3.18. The van der Waals surface area contributed by atoms with E-state index in [1.807, 2.05) is 7.05 Å². The summed E-state index contributed by atoms with van der Waals surface area (Å²) in [5.41, 5.74) is 0. The first-order valence-electron chi connectivity index (χ1n) is 4.38. The maximum Gasteiger partial charge on any atom is 0.168 e. The van der Waals surface area contributed by atoms with Crippen LogP contribution in [-0.4, -0.2) is 42.9 Å². The fourth-order valence-corrected chi connectivity index (χ4v) is 2.14. The smallest absolute Gasteiger partial charge is 0.168 e. The molecular weight excluding hydrogens is 172 g/mol. The summed E-state index contributed by atoms with van der Waals surface area (Å²) in [6, 6.07) is 0. The van der Waals surface area contributed by atoms with E-state index in [0.29, 0.717) is 12.0 Å². The molecule has 2 unspecified atom stereocenters. The van der Waals surface area contributed by atoms with Crippen LogP contribution in [-0.2, 0) is 4.74 Å². The lowest BCUT2D eigenvalue weighted by molar-refractivity contribution is 0.102. The zero-order chi connectivity index (χ0) is 8.55. The molecule has 0 radical (unpaired) electrons. The maximum atomic E-state index is 5.57. The number of piperidine rings is 1. The Balaban J connectivity index is 1.98. The van der Waals surface area contributed by atoms with E-state index in [1.54, 1.807) is 0 Å². The first kappa shape index (κ1) is 8.26. The van der Waals surface area contributed by atoms with E-state index in [1.165, 1.54) is 6.42 Å². The maximum absolute atomic E-state index is 5.57. The third-order valence-corrected chi connectivity index (χ3v) is 3.03. The summed E-state index contributed by atoms with van der Waals surface area (Å²) in [4.78, 5) is 2.21. The van der Waals surface area contributed by atoms with E-state index in [4.69, 9.17) is 17.0 Å². The van der Waals surface area contributed by atoms with E-state index >= 15 is 0 Å². The third-order valence-electron chi connectivity index (χ3n) is 2.57. The highest BCUT2D eigenvalue weighted by Crippen LogP contribution is 2.26. The first-order chi connectivity index (χ1) is 5.79. The Bertz CT molecular complexity index is 185. The standard InChI is InChI=1S/C8H14N2OS/c1-9-8(12)10-3-6-2-7(4-10)11-5-6/h6-7H,2-5H2,1H3,(H,9,12). The number of thiocarbonyl (C=S) groups is 1. The number of rotatable bonds is 0. The molecule has 2 saturated heterocycles. The largest absolute Gasteiger partial charge is 0.376 e. The molecule has 0 saturated carbocycles. The highest BCUT2D eigenvalue weighted by atomic mass is 32.1. The van der Waals surface area contributed by atoms with Gasteiger partial charge in [0, 0.05) is 26.1 Å². The molecule has 12 heavy (non-hydrogen) atoms. The summed E-state index contributed by atoms with van der Waals surface area (Å²) in [5, 5.41) is 3.86. The van der Waals surface area contributed by atoms with Gasteiger partial charge in [0.1, 0.15) is 0 Å². The Morgan fingerprint density at radius 2 is 2.42 bits per heavy atom. The van der Waals surface area contributed by atoms with Crippen molar-refractivity contribution in [3.8, 4) is 0 Å². The molecule has 2 bridgehead atoms. The molecule has 2 aliphatic rings. The van der Waals surface area contributed by atoms with Crippen molar-refractivity contribution < 1.29 is 4.74 Å². The zero-order valence-electron chi connectivity index (χ0n) is 7.25. The number of hydrogen-bond acceptors (Lipinski definition) is 2. The van der Waals surface area contributed by atoms with E-state index in [-0.39, 0.29) is 0 Å². The molecule has 0 aromatic rings. The van der Waals surface area contributed by atoms with Gasteiger partial charge >= 0.3 is 0 Å². The lowest BCUT2D eigenvalue weighted by atomic mass is 10.0. The molecule has 2 aliphatic heterocycles. The second-order valence-electron chi connectivity index (χ2n) is 3.52. The monoisotopic (exact) mass is 186 g/mol. The van der Waals surface area contributed by atoms with E-state index in [2.05, 4.69) is 10.2 Å². The van der Waals surface area contributed by atoms with Crippen molar-refractivity contribution in [2.24, 2.45) is 5.92 Å². The van der Waals surface area contributed by atoms with Crippen LogP contribution in [0.3, 0.4) is 0 Å². The topological polar surface area (TPSA) is 24.5 Å². The summed E-state index contributed by atoms with van der Waals surface area (Å²) < 4.78 is 5.57. The average Bonchev–Trinajstić information content (AvgIpc) is 2.44. The van der Waals surface area contributed by atoms with Gasteiger partial charge in [-0.2, -0.15) is 0 Å². The van der Waals surface area contributed by atoms with Crippen LogP contribution < -0.4 is 5.32 Å². The Hall–Kier alpha value is -0.350. The molecule has 0 aromatic carbocycles. The highest BCUT2D eigenvalue weighted by molar-refractivity contribution is 7.80. The molecule has 4 heteroatoms. The lowest BCUT2D eigenvalue weighted by Crippen LogP contribution is -2.46. The third kappa shape index (κ3) is 1.41. The first-order valence-corrected chi connectivity index (χ1v) is 4.78. The molecular formula is C8H14N2OS. The van der Waals surface area contributed by atoms with Crippen LogP contribution in [0.15, 0.2) is 0 Å². The molecule has 1 N–H and O–H groups in total. The quantitative estimate of drug-likeness (QED) is 0.547. The number of fused-ring (bicyclic) bond motifs is 2. The van der Waals surface area contributed by atoms with Gasteiger partial charge in [-0.05, 0) is 18.6 Å². The van der Waals surface area contributed by atoms with Crippen molar-refractivity contribution >= 4 is 17.3 Å². The van der Waals surface area contributed by atoms with Crippen molar-refractivity contribution in [2.45, 2.75) is 12.5 Å². The molecule has 2 heterocycles. The SMILES string of the molecule is CNC(=S)N1CC2COC(C2)C1. The van der Waals surface area contributed by atoms with E-state index < -0.39 is 0 Å². The average molecular weight is 186 g/mol. The summed E-state index contributed by atoms with van der Waals surface area (Å²) in [7, 11) is 1.87. The molecule has 68 valence electrons. The Morgan fingerprint density at radius 3 is 3.08 bits per heavy atom. The molecule has 0 aliphatic carbocycles. The van der Waals surface area contributed by atoms with Crippen LogP contribution in [0.4, 0.5) is 0 Å². The number of nitrogens with one attached hydrogen (secondary N) is 1. The Kier molecular flexibility index (Phi) is 2.19. The summed E-state index contributed by atoms with van der Waals surface area (Å²) in [6.07, 6.45) is 1.65. The summed E-state index contributed by atoms with van der Waals surface area (Å²) in [6.45, 7) is 2.96. The van der Waals surface area contributed by atoms with Gasteiger partial charge in [-0.3, -0.25) is 0 Å². The number of likely N-dealkylation sites (tertiary alicyclic amines) is 1. The van der Waals surface area contributed by atoms with Gasteiger partial charge in [-0.1, -0.05) is 0 Å². The van der Waals surface area contributed by atoms with Gasteiger partial charge in [-0.15, -0.1) is 0 Å². The molecule has 3 nitrogen and oxygen atoms in total.